The zero-order valence-corrected chi connectivity index (χ0v) is 22.2. The molecular formula is C28H22ClN3O6S. The number of nitro groups is 1. The molecule has 2 heterocycles. The normalized spacial score (nSPS) is 18.5. The predicted molar refractivity (Wildman–Crippen MR) is 149 cm³/mol. The summed E-state index contributed by atoms with van der Waals surface area (Å²) < 4.78 is 10.8. The largest absolute Gasteiger partial charge is 0.497 e. The van der Waals surface area contributed by atoms with E-state index in [2.05, 4.69) is 4.99 Å². The number of esters is 1. The van der Waals surface area contributed by atoms with E-state index in [0.29, 0.717) is 27.7 Å². The molecule has 2 atom stereocenters. The fourth-order valence-electron chi connectivity index (χ4n) is 4.25. The second kappa shape index (κ2) is 11.3. The standard InChI is InChI=1S/C28H22ClN3O6S/c1-37-22-12-4-18(5-13-22)15-38-28(34)25-23(19-6-8-20(29)9-7-19)16-39-27-24(26(33)31(25)27)30-14-17-2-10-21(11-3-17)32(35)36/h2-14,24,27H,15-16H2,1H3/t24-,27+/m1/s1. The van der Waals surface area contributed by atoms with Gasteiger partial charge in [-0.2, -0.15) is 0 Å². The number of thioether (sulfide) groups is 1. The molecule has 0 spiro atoms. The predicted octanol–water partition coefficient (Wildman–Crippen LogP) is 5.11. The molecule has 0 radical (unpaired) electrons. The third-order valence-corrected chi connectivity index (χ3v) is 7.86. The highest BCUT2D eigenvalue weighted by Gasteiger charge is 2.54. The molecule has 0 unspecified atom stereocenters. The number of benzene rings is 3. The van der Waals surface area contributed by atoms with Crippen molar-refractivity contribution in [2.45, 2.75) is 18.0 Å². The fourth-order valence-corrected chi connectivity index (χ4v) is 5.75. The first kappa shape index (κ1) is 26.5. The van der Waals surface area contributed by atoms with Crippen LogP contribution in [0.25, 0.3) is 5.57 Å². The molecule has 5 rings (SSSR count). The molecule has 2 aliphatic rings. The van der Waals surface area contributed by atoms with Gasteiger partial charge in [-0.05, 0) is 53.1 Å². The van der Waals surface area contributed by atoms with E-state index in [1.54, 1.807) is 55.6 Å². The van der Waals surface area contributed by atoms with Crippen LogP contribution in [0.4, 0.5) is 5.69 Å². The van der Waals surface area contributed by atoms with Crippen LogP contribution in [0.5, 0.6) is 5.75 Å². The topological polar surface area (TPSA) is 111 Å². The van der Waals surface area contributed by atoms with E-state index in [9.17, 15) is 19.7 Å². The van der Waals surface area contributed by atoms with E-state index in [1.165, 1.54) is 35.0 Å². The molecule has 0 bridgehead atoms. The molecule has 9 nitrogen and oxygen atoms in total. The maximum Gasteiger partial charge on any atom is 0.355 e. The Hall–Kier alpha value is -4.15. The Morgan fingerprint density at radius 2 is 1.82 bits per heavy atom. The van der Waals surface area contributed by atoms with Gasteiger partial charge in [-0.1, -0.05) is 35.9 Å². The summed E-state index contributed by atoms with van der Waals surface area (Å²) >= 11 is 7.57. The Bertz CT molecular complexity index is 1470. The third kappa shape index (κ3) is 5.52. The van der Waals surface area contributed by atoms with Gasteiger partial charge < -0.3 is 9.47 Å². The summed E-state index contributed by atoms with van der Waals surface area (Å²) in [5.41, 5.74) is 3.02. The second-order valence-corrected chi connectivity index (χ2v) is 10.3. The van der Waals surface area contributed by atoms with Gasteiger partial charge in [0.15, 0.2) is 6.04 Å². The number of methoxy groups -OCH3 is 1. The van der Waals surface area contributed by atoms with Gasteiger partial charge in [0.25, 0.3) is 11.6 Å². The van der Waals surface area contributed by atoms with Gasteiger partial charge in [0.1, 0.15) is 23.4 Å². The van der Waals surface area contributed by atoms with E-state index < -0.39 is 16.9 Å². The first-order chi connectivity index (χ1) is 18.9. The highest BCUT2D eigenvalue weighted by atomic mass is 35.5. The van der Waals surface area contributed by atoms with Crippen LogP contribution in [0, 0.1) is 10.1 Å². The van der Waals surface area contributed by atoms with Crippen molar-refractivity contribution in [3.8, 4) is 5.75 Å². The number of amides is 1. The minimum Gasteiger partial charge on any atom is -0.497 e. The van der Waals surface area contributed by atoms with E-state index in [4.69, 9.17) is 21.1 Å². The van der Waals surface area contributed by atoms with Crippen molar-refractivity contribution < 1.29 is 24.0 Å². The molecule has 1 fully saturated rings. The minimum absolute atomic E-state index is 0.0291. The molecule has 0 aromatic heterocycles. The SMILES string of the molecule is COc1ccc(COC(=O)C2=C(c3ccc(Cl)cc3)CS[C@H]3[C@H](N=Cc4ccc([N+](=O)[O-])cc4)C(=O)N23)cc1. The molecule has 3 aromatic rings. The van der Waals surface area contributed by atoms with Gasteiger partial charge in [-0.3, -0.25) is 24.8 Å². The zero-order valence-electron chi connectivity index (χ0n) is 20.7. The first-order valence-corrected chi connectivity index (χ1v) is 13.3. The average molecular weight is 564 g/mol. The summed E-state index contributed by atoms with van der Waals surface area (Å²) in [6, 6.07) is 19.4. The lowest BCUT2D eigenvalue weighted by molar-refractivity contribution is -0.384. The number of β-lactam (4-membered cyclic amide) rings is 1. The van der Waals surface area contributed by atoms with Crippen LogP contribution >= 0.6 is 23.4 Å². The van der Waals surface area contributed by atoms with Crippen LogP contribution in [0.15, 0.2) is 83.5 Å². The number of carbonyl (C=O) groups excluding carboxylic acids is 2. The van der Waals surface area contributed by atoms with Crippen molar-refractivity contribution in [2.75, 3.05) is 12.9 Å². The van der Waals surface area contributed by atoms with Crippen molar-refractivity contribution >= 4 is 52.7 Å². The molecule has 198 valence electrons. The summed E-state index contributed by atoms with van der Waals surface area (Å²) in [5.74, 6) is 0.226. The summed E-state index contributed by atoms with van der Waals surface area (Å²) in [4.78, 5) is 43.0. The zero-order chi connectivity index (χ0) is 27.5. The van der Waals surface area contributed by atoms with Crippen LogP contribution in [0.1, 0.15) is 16.7 Å². The molecule has 1 saturated heterocycles. The van der Waals surface area contributed by atoms with Crippen LogP contribution in [0.2, 0.25) is 5.02 Å². The molecule has 0 aliphatic carbocycles. The summed E-state index contributed by atoms with van der Waals surface area (Å²) in [5, 5.41) is 11.1. The number of nitro benzene ring substituents is 1. The molecule has 39 heavy (non-hydrogen) atoms. The molecule has 0 saturated carbocycles. The van der Waals surface area contributed by atoms with Crippen LogP contribution in [0.3, 0.4) is 0 Å². The van der Waals surface area contributed by atoms with E-state index in [0.717, 1.165) is 11.1 Å². The number of halogens is 1. The number of aliphatic imine (C=N–C) groups is 1. The van der Waals surface area contributed by atoms with Crippen LogP contribution in [-0.4, -0.2) is 52.2 Å². The van der Waals surface area contributed by atoms with Crippen molar-refractivity contribution in [1.29, 1.82) is 0 Å². The third-order valence-electron chi connectivity index (χ3n) is 6.34. The first-order valence-electron chi connectivity index (χ1n) is 11.9. The van der Waals surface area contributed by atoms with Crippen molar-refractivity contribution in [1.82, 2.24) is 4.90 Å². The Morgan fingerprint density at radius 3 is 2.46 bits per heavy atom. The van der Waals surface area contributed by atoms with Crippen molar-refractivity contribution in [3.05, 3.63) is 110 Å². The molecule has 1 amide bonds. The lowest BCUT2D eigenvalue weighted by atomic mass is 9.99. The summed E-state index contributed by atoms with van der Waals surface area (Å²) in [6.07, 6.45) is 1.52. The Morgan fingerprint density at radius 1 is 1.13 bits per heavy atom. The maximum absolute atomic E-state index is 13.4. The van der Waals surface area contributed by atoms with Crippen LogP contribution in [-0.2, 0) is 20.9 Å². The monoisotopic (exact) mass is 563 g/mol. The van der Waals surface area contributed by atoms with E-state index in [1.807, 2.05) is 12.1 Å². The number of ether oxygens (including phenoxy) is 2. The quantitative estimate of drug-likeness (QED) is 0.123. The number of fused-ring (bicyclic) bond motifs is 1. The number of non-ortho nitro benzene ring substituents is 1. The molecule has 11 heteroatoms. The highest BCUT2D eigenvalue weighted by Crippen LogP contribution is 2.45. The lowest BCUT2D eigenvalue weighted by Gasteiger charge is -2.48. The molecule has 3 aromatic carbocycles. The number of nitrogens with zero attached hydrogens (tertiary/aromatic N) is 3. The van der Waals surface area contributed by atoms with Gasteiger partial charge in [-0.25, -0.2) is 4.79 Å². The highest BCUT2D eigenvalue weighted by molar-refractivity contribution is 8.00. The maximum atomic E-state index is 13.4. The van der Waals surface area contributed by atoms with Gasteiger partial charge >= 0.3 is 5.97 Å². The van der Waals surface area contributed by atoms with Crippen molar-refractivity contribution in [3.63, 3.8) is 0 Å². The summed E-state index contributed by atoms with van der Waals surface area (Å²) in [6.45, 7) is 0.0296. The summed E-state index contributed by atoms with van der Waals surface area (Å²) in [7, 11) is 1.57. The lowest BCUT2D eigenvalue weighted by Crippen LogP contribution is -2.64. The van der Waals surface area contributed by atoms with Crippen molar-refractivity contribution in [2.24, 2.45) is 4.99 Å². The smallest absolute Gasteiger partial charge is 0.355 e. The molecule has 0 N–H and O–H groups in total. The Labute approximate surface area is 233 Å². The Kier molecular flexibility index (Phi) is 7.67. The van der Waals surface area contributed by atoms with E-state index >= 15 is 0 Å². The van der Waals surface area contributed by atoms with Gasteiger partial charge in [-0.15, -0.1) is 11.8 Å². The molecular weight excluding hydrogens is 542 g/mol. The van der Waals surface area contributed by atoms with Gasteiger partial charge in [0, 0.05) is 34.7 Å². The van der Waals surface area contributed by atoms with Gasteiger partial charge in [0.2, 0.25) is 0 Å². The number of hydrogen-bond acceptors (Lipinski definition) is 8. The number of hydrogen-bond donors (Lipinski definition) is 0. The Balaban J connectivity index is 1.38. The number of carbonyl (C=O) groups is 2. The number of rotatable bonds is 8. The minimum atomic E-state index is -0.693. The van der Waals surface area contributed by atoms with Crippen LogP contribution < -0.4 is 4.74 Å². The average Bonchev–Trinajstić information content (AvgIpc) is 2.96. The molecule has 2 aliphatic heterocycles. The fraction of sp³-hybridized carbons (Fsp3) is 0.179. The second-order valence-electron chi connectivity index (χ2n) is 8.74. The van der Waals surface area contributed by atoms with Gasteiger partial charge in [0.05, 0.1) is 12.0 Å². The van der Waals surface area contributed by atoms with E-state index in [-0.39, 0.29) is 29.3 Å².